The van der Waals surface area contributed by atoms with Crippen LogP contribution in [0.4, 0.5) is 16.2 Å². The largest absolute Gasteiger partial charge is 0.457 e. The fourth-order valence-corrected chi connectivity index (χ4v) is 2.96. The quantitative estimate of drug-likeness (QED) is 0.293. The first-order valence-electron chi connectivity index (χ1n) is 8.40. The standard InChI is InChI=1S/C20H12ClN3O5/c21-13-3-7-14(8-4-13)23-19(25)17(22-20(23)26)11-16-9-10-18(29-16)12-1-5-15(6-2-12)24(27)28/h1-11H,(H,22,26)/b17-11-. The molecular weight excluding hydrogens is 398 g/mol. The number of hydrogen-bond donors (Lipinski definition) is 1. The van der Waals surface area contributed by atoms with Gasteiger partial charge < -0.3 is 9.73 Å². The maximum atomic E-state index is 12.6. The number of urea groups is 1. The summed E-state index contributed by atoms with van der Waals surface area (Å²) in [6, 6.07) is 14.9. The number of nitro benzene ring substituents is 1. The van der Waals surface area contributed by atoms with Crippen molar-refractivity contribution in [1.29, 1.82) is 0 Å². The number of carbonyl (C=O) groups excluding carboxylic acids is 2. The number of rotatable bonds is 4. The lowest BCUT2D eigenvalue weighted by molar-refractivity contribution is -0.384. The first-order chi connectivity index (χ1) is 13.9. The Balaban J connectivity index is 1.57. The summed E-state index contributed by atoms with van der Waals surface area (Å²) in [5, 5.41) is 13.8. The van der Waals surface area contributed by atoms with Crippen molar-refractivity contribution in [1.82, 2.24) is 5.32 Å². The van der Waals surface area contributed by atoms with Gasteiger partial charge in [0.1, 0.15) is 17.2 Å². The fraction of sp³-hybridized carbons (Fsp3) is 0. The molecule has 9 heteroatoms. The van der Waals surface area contributed by atoms with Crippen molar-refractivity contribution in [3.8, 4) is 11.3 Å². The third-order valence-electron chi connectivity index (χ3n) is 4.24. The number of nitrogens with one attached hydrogen (secondary N) is 1. The Morgan fingerprint density at radius 2 is 1.69 bits per heavy atom. The van der Waals surface area contributed by atoms with Gasteiger partial charge >= 0.3 is 6.03 Å². The smallest absolute Gasteiger partial charge is 0.333 e. The second-order valence-corrected chi connectivity index (χ2v) is 6.55. The molecule has 1 aliphatic heterocycles. The van der Waals surface area contributed by atoms with Crippen LogP contribution in [0.3, 0.4) is 0 Å². The Hall–Kier alpha value is -3.91. The average molecular weight is 410 g/mol. The van der Waals surface area contributed by atoms with Crippen molar-refractivity contribution in [3.05, 3.63) is 87.3 Å². The molecule has 1 saturated heterocycles. The molecule has 2 aromatic carbocycles. The predicted molar refractivity (Wildman–Crippen MR) is 106 cm³/mol. The van der Waals surface area contributed by atoms with E-state index in [1.54, 1.807) is 48.5 Å². The minimum Gasteiger partial charge on any atom is -0.457 e. The molecule has 0 saturated carbocycles. The van der Waals surface area contributed by atoms with Crippen LogP contribution in [0.15, 0.2) is 70.8 Å². The fourth-order valence-electron chi connectivity index (χ4n) is 2.83. The van der Waals surface area contributed by atoms with Crippen LogP contribution in [0.1, 0.15) is 5.76 Å². The molecule has 8 nitrogen and oxygen atoms in total. The number of benzene rings is 2. The Morgan fingerprint density at radius 1 is 1.00 bits per heavy atom. The number of non-ortho nitro benzene ring substituents is 1. The monoisotopic (exact) mass is 409 g/mol. The lowest BCUT2D eigenvalue weighted by atomic mass is 10.1. The van der Waals surface area contributed by atoms with Crippen molar-refractivity contribution in [2.75, 3.05) is 4.90 Å². The van der Waals surface area contributed by atoms with Crippen molar-refractivity contribution in [2.45, 2.75) is 0 Å². The minimum absolute atomic E-state index is 0.0239. The summed E-state index contributed by atoms with van der Waals surface area (Å²) in [5.41, 5.74) is 1.08. The Bertz CT molecular complexity index is 1150. The highest BCUT2D eigenvalue weighted by Crippen LogP contribution is 2.27. The molecule has 2 heterocycles. The minimum atomic E-state index is -0.578. The van der Waals surface area contributed by atoms with Gasteiger partial charge in [0.2, 0.25) is 0 Å². The van der Waals surface area contributed by atoms with E-state index in [1.165, 1.54) is 18.2 Å². The third kappa shape index (κ3) is 3.61. The number of nitrogens with zero attached hydrogens (tertiary/aromatic N) is 2. The highest BCUT2D eigenvalue weighted by atomic mass is 35.5. The Kier molecular flexibility index (Phi) is 4.61. The van der Waals surface area contributed by atoms with Crippen LogP contribution in [0.25, 0.3) is 17.4 Å². The molecule has 3 aromatic rings. The molecule has 1 aromatic heterocycles. The van der Waals surface area contributed by atoms with Crippen molar-refractivity contribution >= 4 is 41.0 Å². The molecule has 144 valence electrons. The molecule has 1 N–H and O–H groups in total. The topological polar surface area (TPSA) is 106 Å². The molecule has 0 bridgehead atoms. The van der Waals surface area contributed by atoms with Gasteiger partial charge in [0.05, 0.1) is 10.6 Å². The first kappa shape index (κ1) is 18.5. The molecule has 0 unspecified atom stereocenters. The summed E-state index contributed by atoms with van der Waals surface area (Å²) in [4.78, 5) is 36.1. The molecular formula is C20H12ClN3O5. The molecule has 29 heavy (non-hydrogen) atoms. The number of furan rings is 1. The average Bonchev–Trinajstić information content (AvgIpc) is 3.28. The van der Waals surface area contributed by atoms with Gasteiger partial charge in [-0.3, -0.25) is 14.9 Å². The SMILES string of the molecule is O=C1N/C(=C\c2ccc(-c3ccc([N+](=O)[O-])cc3)o2)C(=O)N1c1ccc(Cl)cc1. The molecule has 1 fully saturated rings. The summed E-state index contributed by atoms with van der Waals surface area (Å²) >= 11 is 5.84. The number of imide groups is 1. The van der Waals surface area contributed by atoms with Gasteiger partial charge in [-0.2, -0.15) is 0 Å². The zero-order valence-corrected chi connectivity index (χ0v) is 15.4. The number of halogens is 1. The van der Waals surface area contributed by atoms with Gasteiger partial charge in [-0.15, -0.1) is 0 Å². The van der Waals surface area contributed by atoms with E-state index in [-0.39, 0.29) is 11.4 Å². The first-order valence-corrected chi connectivity index (χ1v) is 8.77. The van der Waals surface area contributed by atoms with E-state index in [0.29, 0.717) is 27.8 Å². The molecule has 0 atom stereocenters. The maximum absolute atomic E-state index is 12.6. The molecule has 3 amide bonds. The van der Waals surface area contributed by atoms with Crippen LogP contribution < -0.4 is 10.2 Å². The van der Waals surface area contributed by atoms with Gasteiger partial charge in [0.15, 0.2) is 0 Å². The van der Waals surface area contributed by atoms with Gasteiger partial charge in [0.25, 0.3) is 11.6 Å². The highest BCUT2D eigenvalue weighted by Gasteiger charge is 2.35. The number of anilines is 1. The van der Waals surface area contributed by atoms with Crippen LogP contribution in [0.5, 0.6) is 0 Å². The van der Waals surface area contributed by atoms with E-state index in [4.69, 9.17) is 16.0 Å². The summed E-state index contributed by atoms with van der Waals surface area (Å²) < 4.78 is 5.69. The van der Waals surface area contributed by atoms with Crippen molar-refractivity contribution < 1.29 is 18.9 Å². The van der Waals surface area contributed by atoms with Crippen LogP contribution in [0.2, 0.25) is 5.02 Å². The van der Waals surface area contributed by atoms with Gasteiger partial charge in [0, 0.05) is 28.8 Å². The molecule has 1 aliphatic rings. The number of carbonyl (C=O) groups is 2. The third-order valence-corrected chi connectivity index (χ3v) is 4.49. The second kappa shape index (κ2) is 7.25. The molecule has 4 rings (SSSR count). The van der Waals surface area contributed by atoms with Gasteiger partial charge in [-0.05, 0) is 48.5 Å². The summed E-state index contributed by atoms with van der Waals surface area (Å²) in [5.74, 6) is 0.295. The summed E-state index contributed by atoms with van der Waals surface area (Å²) in [6.07, 6.45) is 1.42. The van der Waals surface area contributed by atoms with E-state index in [9.17, 15) is 19.7 Å². The number of amides is 3. The van der Waals surface area contributed by atoms with Crippen molar-refractivity contribution in [2.24, 2.45) is 0 Å². The van der Waals surface area contributed by atoms with E-state index in [2.05, 4.69) is 5.32 Å². The zero-order valence-electron chi connectivity index (χ0n) is 14.7. The van der Waals surface area contributed by atoms with Gasteiger partial charge in [-0.1, -0.05) is 11.6 Å². The predicted octanol–water partition coefficient (Wildman–Crippen LogP) is 4.61. The van der Waals surface area contributed by atoms with Crippen LogP contribution >= 0.6 is 11.6 Å². The number of hydrogen-bond acceptors (Lipinski definition) is 5. The van der Waals surface area contributed by atoms with Crippen molar-refractivity contribution in [3.63, 3.8) is 0 Å². The Labute approximate surface area is 169 Å². The lowest BCUT2D eigenvalue weighted by Crippen LogP contribution is -2.30. The summed E-state index contributed by atoms with van der Waals surface area (Å²) in [6.45, 7) is 0. The molecule has 0 spiro atoms. The van der Waals surface area contributed by atoms with E-state index in [0.717, 1.165) is 4.90 Å². The summed E-state index contributed by atoms with van der Waals surface area (Å²) in [7, 11) is 0. The number of nitro groups is 1. The Morgan fingerprint density at radius 3 is 2.34 bits per heavy atom. The zero-order chi connectivity index (χ0) is 20.5. The van der Waals surface area contributed by atoms with Crippen LogP contribution in [0, 0.1) is 10.1 Å². The normalized spacial score (nSPS) is 15.1. The second-order valence-electron chi connectivity index (χ2n) is 6.11. The maximum Gasteiger partial charge on any atom is 0.333 e. The molecule has 0 radical (unpaired) electrons. The van der Waals surface area contributed by atoms with Gasteiger partial charge in [-0.25, -0.2) is 9.69 Å². The van der Waals surface area contributed by atoms with E-state index in [1.807, 2.05) is 0 Å². The highest BCUT2D eigenvalue weighted by molar-refractivity contribution is 6.31. The van der Waals surface area contributed by atoms with E-state index >= 15 is 0 Å². The van der Waals surface area contributed by atoms with Crippen LogP contribution in [-0.4, -0.2) is 16.9 Å². The molecule has 0 aliphatic carbocycles. The van der Waals surface area contributed by atoms with E-state index < -0.39 is 16.9 Å². The lowest BCUT2D eigenvalue weighted by Gasteiger charge is -2.11. The van der Waals surface area contributed by atoms with Crippen LogP contribution in [-0.2, 0) is 4.79 Å².